The molecule has 1 aromatic heterocycles. The Labute approximate surface area is 210 Å². The summed E-state index contributed by atoms with van der Waals surface area (Å²) in [6, 6.07) is 2.65. The van der Waals surface area contributed by atoms with Gasteiger partial charge in [0.05, 0.1) is 12.6 Å². The van der Waals surface area contributed by atoms with E-state index in [1.54, 1.807) is 0 Å². The predicted octanol–water partition coefficient (Wildman–Crippen LogP) is 5.21. The summed E-state index contributed by atoms with van der Waals surface area (Å²) in [5.74, 6) is -0.764. The number of anilines is 2. The summed E-state index contributed by atoms with van der Waals surface area (Å²) in [6.45, 7) is 8.42. The molecule has 194 valence electrons. The molecular weight excluding hydrogens is 466 g/mol. The summed E-state index contributed by atoms with van der Waals surface area (Å²) in [4.78, 5) is 21.9. The third-order valence-electron chi connectivity index (χ3n) is 8.78. The van der Waals surface area contributed by atoms with Crippen LogP contribution in [-0.4, -0.2) is 48.1 Å². The predicted molar refractivity (Wildman–Crippen MR) is 131 cm³/mol. The number of amides is 1. The zero-order chi connectivity index (χ0) is 25.0. The standard InChI is InChI=1S/C27H34F2N4O3/c1-3-27(4-2)14-33(15-27)26-31-23(22(36-26)13-32-6-5-7-32)25(34)30-18-11-20(28)24(21(29)12-18)35-19-9-16-8-17(16)10-19/h11-12,16-17,19H,3-10,13-15H2,1-2H3,(H,30,34)/t16-,17?,19?/m0/s1. The van der Waals surface area contributed by atoms with E-state index in [0.717, 1.165) is 70.4 Å². The van der Waals surface area contributed by atoms with Crippen molar-refractivity contribution in [3.8, 4) is 5.75 Å². The Morgan fingerprint density at radius 1 is 1.14 bits per heavy atom. The molecule has 2 saturated heterocycles. The molecule has 7 nitrogen and oxygen atoms in total. The molecule has 4 fully saturated rings. The fourth-order valence-corrected chi connectivity index (χ4v) is 5.96. The lowest BCUT2D eigenvalue weighted by Crippen LogP contribution is -2.56. The number of ether oxygens (including phenoxy) is 1. The first-order chi connectivity index (χ1) is 17.4. The van der Waals surface area contributed by atoms with Crippen molar-refractivity contribution < 1.29 is 22.7 Å². The Morgan fingerprint density at radius 2 is 1.81 bits per heavy atom. The van der Waals surface area contributed by atoms with Gasteiger partial charge in [-0.1, -0.05) is 13.8 Å². The first-order valence-corrected chi connectivity index (χ1v) is 13.3. The summed E-state index contributed by atoms with van der Waals surface area (Å²) >= 11 is 0. The van der Waals surface area contributed by atoms with Gasteiger partial charge in [0.1, 0.15) is 0 Å². The van der Waals surface area contributed by atoms with E-state index >= 15 is 0 Å². The van der Waals surface area contributed by atoms with Crippen LogP contribution >= 0.6 is 0 Å². The molecule has 6 rings (SSSR count). The summed E-state index contributed by atoms with van der Waals surface area (Å²) in [5.41, 5.74) is 0.441. The van der Waals surface area contributed by atoms with Crippen molar-refractivity contribution in [1.29, 1.82) is 0 Å². The average molecular weight is 501 g/mol. The largest absolute Gasteiger partial charge is 0.484 e. The number of carbonyl (C=O) groups excluding carboxylic acids is 1. The van der Waals surface area contributed by atoms with Gasteiger partial charge in [-0.15, -0.1) is 0 Å². The number of rotatable bonds is 9. The monoisotopic (exact) mass is 500 g/mol. The number of fused-ring (bicyclic) bond motifs is 1. The van der Waals surface area contributed by atoms with Gasteiger partial charge in [-0.2, -0.15) is 4.98 Å². The maximum Gasteiger partial charge on any atom is 0.298 e. The SMILES string of the molecule is CCC1(CC)CN(c2nc(C(=O)Nc3cc(F)c(OC4CC5C[C@H]5C4)c(F)c3)c(CN3CCC3)o2)C1. The minimum absolute atomic E-state index is 0.0241. The van der Waals surface area contributed by atoms with Crippen molar-refractivity contribution in [2.75, 3.05) is 36.4 Å². The van der Waals surface area contributed by atoms with Gasteiger partial charge in [-0.25, -0.2) is 8.78 Å². The van der Waals surface area contributed by atoms with Crippen LogP contribution < -0.4 is 15.0 Å². The molecule has 2 aliphatic heterocycles. The molecule has 2 aliphatic carbocycles. The van der Waals surface area contributed by atoms with E-state index in [9.17, 15) is 13.6 Å². The van der Waals surface area contributed by atoms with Crippen LogP contribution in [0.2, 0.25) is 0 Å². The molecule has 1 aromatic carbocycles. The zero-order valence-corrected chi connectivity index (χ0v) is 21.0. The molecule has 9 heteroatoms. The van der Waals surface area contributed by atoms with E-state index in [1.807, 2.05) is 0 Å². The van der Waals surface area contributed by atoms with Gasteiger partial charge < -0.3 is 19.4 Å². The Hall–Kier alpha value is -2.68. The highest BCUT2D eigenvalue weighted by Gasteiger charge is 2.47. The third-order valence-corrected chi connectivity index (χ3v) is 8.78. The van der Waals surface area contributed by atoms with E-state index in [0.29, 0.717) is 30.2 Å². The zero-order valence-electron chi connectivity index (χ0n) is 21.0. The van der Waals surface area contributed by atoms with Gasteiger partial charge in [-0.3, -0.25) is 9.69 Å². The summed E-state index contributed by atoms with van der Waals surface area (Å²) in [6.07, 6.45) is 6.03. The Kier molecular flexibility index (Phi) is 5.93. The maximum atomic E-state index is 14.8. The van der Waals surface area contributed by atoms with Crippen LogP contribution in [0.4, 0.5) is 20.5 Å². The number of likely N-dealkylation sites (tertiary alicyclic amines) is 1. The molecule has 2 saturated carbocycles. The van der Waals surface area contributed by atoms with E-state index in [2.05, 4.69) is 33.9 Å². The van der Waals surface area contributed by atoms with Gasteiger partial charge in [-0.05, 0) is 63.5 Å². The van der Waals surface area contributed by atoms with Crippen LogP contribution in [0.15, 0.2) is 16.5 Å². The van der Waals surface area contributed by atoms with Crippen molar-refractivity contribution in [3.05, 3.63) is 35.2 Å². The highest BCUT2D eigenvalue weighted by molar-refractivity contribution is 6.03. The van der Waals surface area contributed by atoms with Crippen molar-refractivity contribution in [3.63, 3.8) is 0 Å². The molecule has 2 aromatic rings. The lowest BCUT2D eigenvalue weighted by molar-refractivity contribution is 0.101. The van der Waals surface area contributed by atoms with Crippen LogP contribution in [0.25, 0.3) is 0 Å². The molecule has 0 spiro atoms. The van der Waals surface area contributed by atoms with Crippen molar-refractivity contribution in [1.82, 2.24) is 9.88 Å². The lowest BCUT2D eigenvalue weighted by atomic mass is 9.75. The van der Waals surface area contributed by atoms with Crippen LogP contribution in [0, 0.1) is 28.9 Å². The van der Waals surface area contributed by atoms with Crippen LogP contribution in [0.3, 0.4) is 0 Å². The molecule has 1 amide bonds. The van der Waals surface area contributed by atoms with E-state index in [4.69, 9.17) is 9.15 Å². The first-order valence-electron chi connectivity index (χ1n) is 13.3. The second-order valence-electron chi connectivity index (χ2n) is 11.2. The summed E-state index contributed by atoms with van der Waals surface area (Å²) in [5, 5.41) is 2.62. The highest BCUT2D eigenvalue weighted by atomic mass is 19.1. The number of nitrogens with zero attached hydrogens (tertiary/aromatic N) is 3. The highest BCUT2D eigenvalue weighted by Crippen LogP contribution is 2.52. The minimum Gasteiger partial charge on any atom is -0.484 e. The lowest BCUT2D eigenvalue weighted by Gasteiger charge is -2.49. The number of hydrogen-bond donors (Lipinski definition) is 1. The molecule has 36 heavy (non-hydrogen) atoms. The van der Waals surface area contributed by atoms with Gasteiger partial charge in [0, 0.05) is 36.3 Å². The minimum atomic E-state index is -0.816. The number of aromatic nitrogens is 1. The molecule has 3 heterocycles. The smallest absolute Gasteiger partial charge is 0.298 e. The van der Waals surface area contributed by atoms with Gasteiger partial charge in [0.15, 0.2) is 28.8 Å². The second-order valence-corrected chi connectivity index (χ2v) is 11.2. The summed E-state index contributed by atoms with van der Waals surface area (Å²) in [7, 11) is 0. The van der Waals surface area contributed by atoms with Gasteiger partial charge in [0.25, 0.3) is 11.9 Å². The first kappa shape index (κ1) is 23.7. The van der Waals surface area contributed by atoms with Crippen molar-refractivity contribution >= 4 is 17.6 Å². The fourth-order valence-electron chi connectivity index (χ4n) is 5.96. The summed E-state index contributed by atoms with van der Waals surface area (Å²) < 4.78 is 41.2. The molecule has 3 atom stereocenters. The van der Waals surface area contributed by atoms with Crippen LogP contribution in [-0.2, 0) is 6.54 Å². The number of hydrogen-bond acceptors (Lipinski definition) is 6. The molecule has 4 aliphatic rings. The Morgan fingerprint density at radius 3 is 2.39 bits per heavy atom. The normalized spacial score (nSPS) is 26.2. The van der Waals surface area contributed by atoms with Crippen molar-refractivity contribution in [2.45, 2.75) is 65.0 Å². The Bertz CT molecular complexity index is 1120. The Balaban J connectivity index is 1.18. The number of oxazole rings is 1. The molecule has 2 unspecified atom stereocenters. The topological polar surface area (TPSA) is 70.8 Å². The number of halogens is 2. The maximum absolute atomic E-state index is 14.8. The fraction of sp³-hybridized carbons (Fsp3) is 0.630. The number of benzene rings is 1. The van der Waals surface area contributed by atoms with Gasteiger partial charge in [0.2, 0.25) is 0 Å². The second kappa shape index (κ2) is 9.01. The quantitative estimate of drug-likeness (QED) is 0.510. The number of carbonyl (C=O) groups is 1. The van der Waals surface area contributed by atoms with E-state index in [-0.39, 0.29) is 28.6 Å². The average Bonchev–Trinajstić information content (AvgIpc) is 3.20. The molecule has 1 N–H and O–H groups in total. The van der Waals surface area contributed by atoms with Crippen LogP contribution in [0.5, 0.6) is 5.75 Å². The van der Waals surface area contributed by atoms with Crippen LogP contribution in [0.1, 0.15) is 68.6 Å². The third kappa shape index (κ3) is 4.35. The molecular formula is C27H34F2N4O3. The van der Waals surface area contributed by atoms with E-state index < -0.39 is 17.5 Å². The van der Waals surface area contributed by atoms with Crippen molar-refractivity contribution in [2.24, 2.45) is 17.3 Å². The molecule has 0 radical (unpaired) electrons. The van der Waals surface area contributed by atoms with Gasteiger partial charge >= 0.3 is 0 Å². The molecule has 0 bridgehead atoms. The number of nitrogens with one attached hydrogen (secondary N) is 1. The van der Waals surface area contributed by atoms with E-state index in [1.165, 1.54) is 6.42 Å².